The second kappa shape index (κ2) is 8.66. The van der Waals surface area contributed by atoms with E-state index < -0.39 is 0 Å². The van der Waals surface area contributed by atoms with Gasteiger partial charge in [0.1, 0.15) is 11.8 Å². The number of anilines is 2. The molecule has 2 aliphatic heterocycles. The van der Waals surface area contributed by atoms with Gasteiger partial charge in [0.05, 0.1) is 7.11 Å². The van der Waals surface area contributed by atoms with Crippen molar-refractivity contribution < 1.29 is 14.3 Å². The number of ether oxygens (including phenoxy) is 1. The number of halogens is 1. The number of benzene rings is 1. The third-order valence-electron chi connectivity index (χ3n) is 5.20. The van der Waals surface area contributed by atoms with Crippen LogP contribution in [0.2, 0.25) is 0 Å². The Balaban J connectivity index is 1.43. The number of hydrogen-bond donors (Lipinski definition) is 1. The average molecular weight is 480 g/mol. The minimum atomic E-state index is -0.289. The first-order valence-electron chi connectivity index (χ1n) is 9.57. The third-order valence-corrected chi connectivity index (χ3v) is 6.68. The van der Waals surface area contributed by atoms with E-state index in [9.17, 15) is 9.59 Å². The van der Waals surface area contributed by atoms with E-state index in [0.717, 1.165) is 41.6 Å². The van der Waals surface area contributed by atoms with Crippen LogP contribution in [-0.4, -0.2) is 48.3 Å². The zero-order valence-electron chi connectivity index (χ0n) is 16.1. The Morgan fingerprint density at radius 2 is 2.14 bits per heavy atom. The summed E-state index contributed by atoms with van der Waals surface area (Å²) >= 11 is 4.83. The van der Waals surface area contributed by atoms with Crippen LogP contribution in [0.5, 0.6) is 5.75 Å². The van der Waals surface area contributed by atoms with Crippen LogP contribution in [0.4, 0.5) is 10.3 Å². The molecule has 2 amide bonds. The van der Waals surface area contributed by atoms with E-state index in [-0.39, 0.29) is 17.9 Å². The van der Waals surface area contributed by atoms with E-state index >= 15 is 0 Å². The summed E-state index contributed by atoms with van der Waals surface area (Å²) in [4.78, 5) is 28.5. The van der Waals surface area contributed by atoms with Crippen LogP contribution in [-0.2, 0) is 16.1 Å². The van der Waals surface area contributed by atoms with Crippen LogP contribution < -0.4 is 19.9 Å². The summed E-state index contributed by atoms with van der Waals surface area (Å²) in [6.07, 6.45) is 3.08. The number of amides is 2. The number of rotatable bonds is 6. The molecule has 0 unspecified atom stereocenters. The molecule has 0 radical (unpaired) electrons. The van der Waals surface area contributed by atoms with Gasteiger partial charge in [0.2, 0.25) is 22.1 Å². The minimum absolute atomic E-state index is 0.0430. The SMILES string of the molecule is COc1ccc(Br)cc1CNC(=O)[C@H]1CCCN1c1nnc(N2CCCC2=O)s1. The number of carbonyl (C=O) groups excluding carboxylic acids is 2. The van der Waals surface area contributed by atoms with E-state index in [1.54, 1.807) is 12.0 Å². The van der Waals surface area contributed by atoms with E-state index in [4.69, 9.17) is 4.74 Å². The van der Waals surface area contributed by atoms with Gasteiger partial charge >= 0.3 is 0 Å². The Labute approximate surface area is 181 Å². The highest BCUT2D eigenvalue weighted by molar-refractivity contribution is 9.10. The van der Waals surface area contributed by atoms with Gasteiger partial charge in [-0.15, -0.1) is 10.2 Å². The molecule has 0 bridgehead atoms. The van der Waals surface area contributed by atoms with Crippen LogP contribution in [0.15, 0.2) is 22.7 Å². The molecule has 2 saturated heterocycles. The fourth-order valence-electron chi connectivity index (χ4n) is 3.74. The van der Waals surface area contributed by atoms with Crippen molar-refractivity contribution in [2.75, 3.05) is 30.0 Å². The standard InChI is InChI=1S/C19H22BrN5O3S/c1-28-15-7-6-13(20)10-12(15)11-21-17(27)14-4-2-8-24(14)18-22-23-19(29-18)25-9-3-5-16(25)26/h6-7,10,14H,2-5,8-9,11H2,1H3,(H,21,27)/t14-/m1/s1. The van der Waals surface area contributed by atoms with Gasteiger partial charge in [0, 0.05) is 36.1 Å². The molecular formula is C19H22BrN5O3S. The normalized spacial score (nSPS) is 19.1. The Morgan fingerprint density at radius 3 is 2.90 bits per heavy atom. The van der Waals surface area contributed by atoms with Crippen LogP contribution in [0, 0.1) is 0 Å². The van der Waals surface area contributed by atoms with Crippen molar-refractivity contribution >= 4 is 49.3 Å². The van der Waals surface area contributed by atoms with Gasteiger partial charge in [0.25, 0.3) is 0 Å². The lowest BCUT2D eigenvalue weighted by Crippen LogP contribution is -2.43. The summed E-state index contributed by atoms with van der Waals surface area (Å²) in [5.41, 5.74) is 0.908. The average Bonchev–Trinajstić information content (AvgIpc) is 3.45. The van der Waals surface area contributed by atoms with E-state index in [1.807, 2.05) is 23.1 Å². The van der Waals surface area contributed by atoms with Gasteiger partial charge < -0.3 is 15.0 Å². The van der Waals surface area contributed by atoms with Gasteiger partial charge in [-0.25, -0.2) is 0 Å². The van der Waals surface area contributed by atoms with Gasteiger partial charge in [-0.1, -0.05) is 27.3 Å². The van der Waals surface area contributed by atoms with Crippen LogP contribution in [0.3, 0.4) is 0 Å². The molecule has 0 saturated carbocycles. The van der Waals surface area contributed by atoms with Crippen molar-refractivity contribution in [3.63, 3.8) is 0 Å². The molecule has 2 fully saturated rings. The van der Waals surface area contributed by atoms with Gasteiger partial charge in [-0.3, -0.25) is 14.5 Å². The molecule has 4 rings (SSSR count). The highest BCUT2D eigenvalue weighted by Crippen LogP contribution is 2.34. The minimum Gasteiger partial charge on any atom is -0.496 e. The first-order valence-corrected chi connectivity index (χ1v) is 11.2. The lowest BCUT2D eigenvalue weighted by molar-refractivity contribution is -0.122. The molecular weight excluding hydrogens is 458 g/mol. The first kappa shape index (κ1) is 20.1. The number of methoxy groups -OCH3 is 1. The van der Waals surface area contributed by atoms with E-state index in [2.05, 4.69) is 31.4 Å². The summed E-state index contributed by atoms with van der Waals surface area (Å²) in [6.45, 7) is 1.82. The Hall–Kier alpha value is -2.20. The molecule has 1 aromatic heterocycles. The summed E-state index contributed by atoms with van der Waals surface area (Å²) in [7, 11) is 1.62. The van der Waals surface area contributed by atoms with Gasteiger partial charge in [-0.2, -0.15) is 0 Å². The number of hydrogen-bond acceptors (Lipinski definition) is 7. The molecule has 154 valence electrons. The molecule has 1 aromatic carbocycles. The quantitative estimate of drug-likeness (QED) is 0.685. The second-order valence-corrected chi connectivity index (χ2v) is 8.89. The fourth-order valence-corrected chi connectivity index (χ4v) is 5.11. The molecule has 2 aliphatic rings. The fraction of sp³-hybridized carbons (Fsp3) is 0.474. The number of nitrogens with zero attached hydrogens (tertiary/aromatic N) is 4. The molecule has 1 atom stereocenters. The third kappa shape index (κ3) is 4.23. The largest absolute Gasteiger partial charge is 0.496 e. The summed E-state index contributed by atoms with van der Waals surface area (Å²) < 4.78 is 6.31. The van der Waals surface area contributed by atoms with Crippen molar-refractivity contribution in [3.05, 3.63) is 28.2 Å². The lowest BCUT2D eigenvalue weighted by atomic mass is 10.1. The Kier molecular flexibility index (Phi) is 6.00. The van der Waals surface area contributed by atoms with Crippen LogP contribution >= 0.6 is 27.3 Å². The van der Waals surface area contributed by atoms with E-state index in [0.29, 0.717) is 29.8 Å². The maximum Gasteiger partial charge on any atom is 0.243 e. The van der Waals surface area contributed by atoms with Gasteiger partial charge in [-0.05, 0) is 37.5 Å². The second-order valence-electron chi connectivity index (χ2n) is 7.04. The van der Waals surface area contributed by atoms with Crippen LogP contribution in [0.1, 0.15) is 31.2 Å². The van der Waals surface area contributed by atoms with Gasteiger partial charge in [0.15, 0.2) is 0 Å². The molecule has 29 heavy (non-hydrogen) atoms. The van der Waals surface area contributed by atoms with Crippen molar-refractivity contribution in [2.24, 2.45) is 0 Å². The summed E-state index contributed by atoms with van der Waals surface area (Å²) in [5, 5.41) is 12.8. The number of carbonyl (C=O) groups is 2. The molecule has 8 nitrogen and oxygen atoms in total. The summed E-state index contributed by atoms with van der Waals surface area (Å²) in [5.74, 6) is 0.783. The van der Waals surface area contributed by atoms with Crippen LogP contribution in [0.25, 0.3) is 0 Å². The summed E-state index contributed by atoms with van der Waals surface area (Å²) in [6, 6.07) is 5.43. The molecule has 10 heteroatoms. The Morgan fingerprint density at radius 1 is 1.31 bits per heavy atom. The molecule has 0 spiro atoms. The number of nitrogens with one attached hydrogen (secondary N) is 1. The van der Waals surface area contributed by atoms with Crippen molar-refractivity contribution in [2.45, 2.75) is 38.3 Å². The van der Waals surface area contributed by atoms with Crippen molar-refractivity contribution in [1.82, 2.24) is 15.5 Å². The highest BCUT2D eigenvalue weighted by atomic mass is 79.9. The van der Waals surface area contributed by atoms with E-state index in [1.165, 1.54) is 11.3 Å². The molecule has 0 aliphatic carbocycles. The monoisotopic (exact) mass is 479 g/mol. The number of aromatic nitrogens is 2. The molecule has 1 N–H and O–H groups in total. The molecule has 3 heterocycles. The highest BCUT2D eigenvalue weighted by Gasteiger charge is 2.34. The first-order chi connectivity index (χ1) is 14.1. The predicted molar refractivity (Wildman–Crippen MR) is 114 cm³/mol. The topological polar surface area (TPSA) is 87.7 Å². The predicted octanol–water partition coefficient (Wildman–Crippen LogP) is 2.72. The molecule has 2 aromatic rings. The van der Waals surface area contributed by atoms with Crippen molar-refractivity contribution in [1.29, 1.82) is 0 Å². The van der Waals surface area contributed by atoms with Crippen molar-refractivity contribution in [3.8, 4) is 5.75 Å². The smallest absolute Gasteiger partial charge is 0.243 e. The Bertz CT molecular complexity index is 921. The lowest BCUT2D eigenvalue weighted by Gasteiger charge is -2.23. The maximum absolute atomic E-state index is 12.9. The maximum atomic E-state index is 12.9. The zero-order chi connectivity index (χ0) is 20.4. The zero-order valence-corrected chi connectivity index (χ0v) is 18.5.